The monoisotopic (exact) mass is 542 g/mol. The van der Waals surface area contributed by atoms with Crippen LogP contribution in [0.2, 0.25) is 0 Å². The molecule has 1 aliphatic heterocycles. The summed E-state index contributed by atoms with van der Waals surface area (Å²) in [4.78, 5) is 39.7. The molecule has 3 aliphatic rings. The number of benzene rings is 2. The van der Waals surface area contributed by atoms with Gasteiger partial charge < -0.3 is 34.6 Å². The number of nitrogens with two attached hydrogens (primary N) is 1. The van der Waals surface area contributed by atoms with Crippen LogP contribution < -0.4 is 16.0 Å². The van der Waals surface area contributed by atoms with Crippen molar-refractivity contribution in [2.75, 3.05) is 7.11 Å². The van der Waals surface area contributed by atoms with Crippen LogP contribution in [0.1, 0.15) is 75.8 Å². The Morgan fingerprint density at radius 2 is 1.85 bits per heavy atom. The van der Waals surface area contributed by atoms with Gasteiger partial charge in [0.25, 0.3) is 0 Å². The average Bonchev–Trinajstić information content (AvgIpc) is 2.90. The minimum Gasteiger partial charge on any atom is -0.507 e. The molecule has 4 unspecified atom stereocenters. The van der Waals surface area contributed by atoms with E-state index in [1.807, 2.05) is 0 Å². The molecule has 0 amide bonds. The van der Waals surface area contributed by atoms with Crippen molar-refractivity contribution in [1.82, 2.24) is 5.43 Å². The molecule has 0 bridgehead atoms. The van der Waals surface area contributed by atoms with Gasteiger partial charge in [-0.1, -0.05) is 12.1 Å². The highest BCUT2D eigenvalue weighted by molar-refractivity contribution is 6.31. The van der Waals surface area contributed by atoms with Crippen LogP contribution in [0.15, 0.2) is 18.2 Å². The summed E-state index contributed by atoms with van der Waals surface area (Å²) in [7, 11) is 1.34. The van der Waals surface area contributed by atoms with Crippen molar-refractivity contribution in [3.63, 3.8) is 0 Å². The SMILES string of the molecule is COc1cccc2c1C(=O)c1c(O)c3c(c(O)c1C2=O)C[C@@](O)(C(C)=O)C[C@@H]3OC1CC(NN)C(O)C(C)O1. The zero-order valence-electron chi connectivity index (χ0n) is 21.6. The van der Waals surface area contributed by atoms with Gasteiger partial charge in [0.05, 0.1) is 48.2 Å². The second kappa shape index (κ2) is 9.66. The number of hydrogen-bond donors (Lipinski definition) is 6. The van der Waals surface area contributed by atoms with E-state index in [2.05, 4.69) is 5.43 Å². The van der Waals surface area contributed by atoms with E-state index < -0.39 is 82.6 Å². The van der Waals surface area contributed by atoms with E-state index in [9.17, 15) is 34.8 Å². The third-order valence-corrected chi connectivity index (χ3v) is 7.97. The minimum atomic E-state index is -2.01. The molecule has 39 heavy (non-hydrogen) atoms. The van der Waals surface area contributed by atoms with Crippen LogP contribution in [0.4, 0.5) is 0 Å². The number of hydrogen-bond acceptors (Lipinski definition) is 12. The van der Waals surface area contributed by atoms with Gasteiger partial charge in [0, 0.05) is 36.0 Å². The molecule has 2 aliphatic carbocycles. The molecular weight excluding hydrogens is 512 g/mol. The molecule has 12 heteroatoms. The van der Waals surface area contributed by atoms with Gasteiger partial charge in [-0.3, -0.25) is 25.7 Å². The molecule has 6 atom stereocenters. The van der Waals surface area contributed by atoms with Crippen molar-refractivity contribution in [2.45, 2.75) is 69.4 Å². The topological polar surface area (TPSA) is 198 Å². The predicted octanol–water partition coefficient (Wildman–Crippen LogP) is 0.533. The van der Waals surface area contributed by atoms with E-state index in [-0.39, 0.29) is 40.8 Å². The van der Waals surface area contributed by atoms with Gasteiger partial charge in [0.2, 0.25) is 5.78 Å². The molecule has 1 heterocycles. The molecule has 208 valence electrons. The number of carbonyl (C=O) groups excluding carboxylic acids is 3. The average molecular weight is 543 g/mol. The molecular formula is C27H30N2O10. The van der Waals surface area contributed by atoms with E-state index >= 15 is 0 Å². The van der Waals surface area contributed by atoms with Crippen LogP contribution in [0.3, 0.4) is 0 Å². The van der Waals surface area contributed by atoms with Crippen molar-refractivity contribution in [1.29, 1.82) is 0 Å². The summed E-state index contributed by atoms with van der Waals surface area (Å²) in [5, 5.41) is 44.4. The van der Waals surface area contributed by atoms with Crippen molar-refractivity contribution < 1.29 is 49.0 Å². The fourth-order valence-electron chi connectivity index (χ4n) is 5.79. The number of aliphatic hydroxyl groups is 2. The van der Waals surface area contributed by atoms with Gasteiger partial charge in [-0.2, -0.15) is 0 Å². The van der Waals surface area contributed by atoms with Crippen molar-refractivity contribution in [3.8, 4) is 17.2 Å². The van der Waals surface area contributed by atoms with Crippen LogP contribution in [0, 0.1) is 0 Å². The first-order valence-corrected chi connectivity index (χ1v) is 12.5. The van der Waals surface area contributed by atoms with Crippen LogP contribution in [0.25, 0.3) is 0 Å². The first kappa shape index (κ1) is 27.2. The Labute approximate surface area is 223 Å². The lowest BCUT2D eigenvalue weighted by Crippen LogP contribution is -2.56. The number of phenolic OH excluding ortho intramolecular Hbond substituents is 2. The minimum absolute atomic E-state index is 0.0181. The molecule has 0 aromatic heterocycles. The number of ketones is 3. The van der Waals surface area contributed by atoms with Gasteiger partial charge in [-0.15, -0.1) is 0 Å². The summed E-state index contributed by atoms with van der Waals surface area (Å²) >= 11 is 0. The Morgan fingerprint density at radius 1 is 1.15 bits per heavy atom. The molecule has 7 N–H and O–H groups in total. The van der Waals surface area contributed by atoms with Gasteiger partial charge in [0.15, 0.2) is 17.9 Å². The fraction of sp³-hybridized carbons (Fsp3) is 0.444. The number of fused-ring (bicyclic) bond motifs is 3. The molecule has 1 saturated heterocycles. The number of carbonyl (C=O) groups is 3. The maximum Gasteiger partial charge on any atom is 0.202 e. The highest BCUT2D eigenvalue weighted by atomic mass is 16.7. The van der Waals surface area contributed by atoms with Gasteiger partial charge >= 0.3 is 0 Å². The predicted molar refractivity (Wildman–Crippen MR) is 133 cm³/mol. The largest absolute Gasteiger partial charge is 0.507 e. The molecule has 12 nitrogen and oxygen atoms in total. The Bertz CT molecular complexity index is 1390. The Kier molecular flexibility index (Phi) is 6.74. The number of aliphatic hydroxyl groups excluding tert-OH is 1. The second-order valence-corrected chi connectivity index (χ2v) is 10.2. The summed E-state index contributed by atoms with van der Waals surface area (Å²) in [6.45, 7) is 2.79. The van der Waals surface area contributed by atoms with Crippen LogP contribution in [-0.2, 0) is 20.7 Å². The molecule has 0 spiro atoms. The third-order valence-electron chi connectivity index (χ3n) is 7.97. The third kappa shape index (κ3) is 4.11. The van der Waals surface area contributed by atoms with Crippen LogP contribution >= 0.6 is 0 Å². The van der Waals surface area contributed by atoms with E-state index in [0.717, 1.165) is 0 Å². The second-order valence-electron chi connectivity index (χ2n) is 10.2. The lowest BCUT2D eigenvalue weighted by molar-refractivity contribution is -0.249. The Hall–Kier alpha value is -3.39. The molecule has 2 aromatic rings. The maximum atomic E-state index is 13.7. The highest BCUT2D eigenvalue weighted by Gasteiger charge is 2.49. The van der Waals surface area contributed by atoms with E-state index in [0.29, 0.717) is 0 Å². The Balaban J connectivity index is 1.67. The summed E-state index contributed by atoms with van der Waals surface area (Å²) in [6.07, 6.45) is -4.57. The first-order valence-electron chi connectivity index (χ1n) is 12.5. The summed E-state index contributed by atoms with van der Waals surface area (Å²) < 4.78 is 17.2. The number of aromatic hydroxyl groups is 2. The van der Waals surface area contributed by atoms with Crippen molar-refractivity contribution in [2.24, 2.45) is 5.84 Å². The number of hydrazine groups is 1. The smallest absolute Gasteiger partial charge is 0.202 e. The van der Waals surface area contributed by atoms with E-state index in [1.165, 1.54) is 32.2 Å². The van der Waals surface area contributed by atoms with Crippen molar-refractivity contribution >= 4 is 17.3 Å². The maximum absolute atomic E-state index is 13.7. The lowest BCUT2D eigenvalue weighted by atomic mass is 9.72. The summed E-state index contributed by atoms with van der Waals surface area (Å²) in [5.41, 5.74) is -0.580. The van der Waals surface area contributed by atoms with Crippen LogP contribution in [-0.4, -0.2) is 75.0 Å². The van der Waals surface area contributed by atoms with Gasteiger partial charge in [-0.25, -0.2) is 0 Å². The quantitative estimate of drug-likeness (QED) is 0.149. The number of rotatable bonds is 5. The Morgan fingerprint density at radius 3 is 2.49 bits per heavy atom. The normalized spacial score (nSPS) is 29.8. The zero-order valence-corrected chi connectivity index (χ0v) is 21.6. The lowest BCUT2D eigenvalue weighted by Gasteiger charge is -2.42. The number of Topliss-reactive ketones (excluding diaryl/α,β-unsaturated/α-hetero) is 1. The molecule has 2 aromatic carbocycles. The summed E-state index contributed by atoms with van der Waals surface area (Å²) in [5.74, 6) is 2.36. The van der Waals surface area contributed by atoms with Crippen molar-refractivity contribution in [3.05, 3.63) is 51.6 Å². The van der Waals surface area contributed by atoms with Gasteiger partial charge in [-0.05, 0) is 19.9 Å². The van der Waals surface area contributed by atoms with E-state index in [4.69, 9.17) is 20.1 Å². The fourth-order valence-corrected chi connectivity index (χ4v) is 5.79. The number of ether oxygens (including phenoxy) is 3. The number of methoxy groups -OCH3 is 1. The molecule has 5 rings (SSSR count). The molecule has 1 fully saturated rings. The number of phenols is 2. The first-order chi connectivity index (χ1) is 18.4. The van der Waals surface area contributed by atoms with E-state index in [1.54, 1.807) is 6.92 Å². The zero-order chi connectivity index (χ0) is 28.4. The highest BCUT2D eigenvalue weighted by Crippen LogP contribution is 2.52. The molecule has 0 saturated carbocycles. The van der Waals surface area contributed by atoms with Crippen LogP contribution in [0.5, 0.6) is 17.2 Å². The number of nitrogens with one attached hydrogen (secondary N) is 1. The van der Waals surface area contributed by atoms with Gasteiger partial charge in [0.1, 0.15) is 22.8 Å². The molecule has 0 radical (unpaired) electrons. The standard InChI is InChI=1S/C27H30N2O10/c1-10-22(31)14(29-28)7-17(38-10)39-16-9-27(36,11(2)30)8-13-19(16)26(35)21-20(24(13)33)23(32)12-5-4-6-15(37-3)18(12)25(21)34/h4-6,10,14,16-17,22,29,31,33,35-36H,7-9,28H2,1-3H3/t10?,14?,16-,17?,22?,27-/m0/s1. The summed E-state index contributed by atoms with van der Waals surface area (Å²) in [6, 6.07) is 3.82.